The molecule has 1 fully saturated rings. The molecule has 3 N–H and O–H groups in total. The largest absolute Gasteiger partial charge is 0.379 e. The number of nitrogens with one attached hydrogen (secondary N) is 1. The summed E-state index contributed by atoms with van der Waals surface area (Å²) in [6, 6.07) is 16.5. The maximum atomic E-state index is 13.4. The van der Waals surface area contributed by atoms with E-state index < -0.39 is 0 Å². The summed E-state index contributed by atoms with van der Waals surface area (Å²) < 4.78 is 8.75. The minimum Gasteiger partial charge on any atom is -0.379 e. The number of aryl methyl sites for hydroxylation is 1. The molecule has 0 bridgehead atoms. The summed E-state index contributed by atoms with van der Waals surface area (Å²) in [6.45, 7) is 6.58. The first-order valence-corrected chi connectivity index (χ1v) is 12.3. The number of nitrogens with zero attached hydrogens (tertiary/aromatic N) is 4. The van der Waals surface area contributed by atoms with Crippen LogP contribution in [0.1, 0.15) is 35.3 Å². The van der Waals surface area contributed by atoms with Crippen LogP contribution in [-0.2, 0) is 11.3 Å². The van der Waals surface area contributed by atoms with Crippen LogP contribution < -0.4 is 21.2 Å². The highest BCUT2D eigenvalue weighted by molar-refractivity contribution is 6.00. The van der Waals surface area contributed by atoms with Gasteiger partial charge in [0.1, 0.15) is 10.9 Å². The summed E-state index contributed by atoms with van der Waals surface area (Å²) in [5.74, 6) is -0.0281. The lowest BCUT2D eigenvalue weighted by molar-refractivity contribution is -0.659. The lowest BCUT2D eigenvalue weighted by Gasteiger charge is -2.26. The van der Waals surface area contributed by atoms with Gasteiger partial charge in [-0.25, -0.2) is 4.57 Å². The van der Waals surface area contributed by atoms with Gasteiger partial charge in [-0.3, -0.25) is 18.9 Å². The SMILES string of the molecule is C[C@H](NC(=O)c1cc2c(=O)n3ccccc3nc2[n+](CCCN2CCOCC2)c1N)c1ccccc1. The van der Waals surface area contributed by atoms with Gasteiger partial charge >= 0.3 is 0 Å². The third kappa shape index (κ3) is 4.80. The normalized spacial score (nSPS) is 15.2. The van der Waals surface area contributed by atoms with Gasteiger partial charge < -0.3 is 15.8 Å². The molecule has 186 valence electrons. The van der Waals surface area contributed by atoms with Crippen LogP contribution in [0.25, 0.3) is 16.7 Å². The van der Waals surface area contributed by atoms with Crippen molar-refractivity contribution < 1.29 is 14.1 Å². The van der Waals surface area contributed by atoms with E-state index >= 15 is 0 Å². The fraction of sp³-hybridized carbons (Fsp3) is 0.333. The highest BCUT2D eigenvalue weighted by Crippen LogP contribution is 2.18. The quantitative estimate of drug-likeness (QED) is 0.305. The molecule has 1 aliphatic heterocycles. The van der Waals surface area contributed by atoms with E-state index in [1.54, 1.807) is 24.4 Å². The number of pyridine rings is 2. The van der Waals surface area contributed by atoms with E-state index in [0.29, 0.717) is 29.0 Å². The fourth-order valence-electron chi connectivity index (χ4n) is 4.69. The van der Waals surface area contributed by atoms with Gasteiger partial charge in [-0.1, -0.05) is 41.4 Å². The van der Waals surface area contributed by atoms with Crippen molar-refractivity contribution in [2.45, 2.75) is 25.9 Å². The summed E-state index contributed by atoms with van der Waals surface area (Å²) in [6.07, 6.45) is 2.48. The Labute approximate surface area is 209 Å². The zero-order valence-electron chi connectivity index (χ0n) is 20.4. The monoisotopic (exact) mass is 487 g/mol. The number of rotatable bonds is 7. The average Bonchev–Trinajstić information content (AvgIpc) is 2.91. The Balaban J connectivity index is 1.53. The van der Waals surface area contributed by atoms with Crippen LogP contribution in [0, 0.1) is 0 Å². The molecule has 9 heteroatoms. The van der Waals surface area contributed by atoms with Crippen LogP contribution in [0.2, 0.25) is 0 Å². The van der Waals surface area contributed by atoms with E-state index in [9.17, 15) is 9.59 Å². The summed E-state index contributed by atoms with van der Waals surface area (Å²) >= 11 is 0. The number of carbonyl (C=O) groups is 1. The minimum atomic E-state index is -0.328. The number of ether oxygens (including phenoxy) is 1. The van der Waals surface area contributed by atoms with E-state index in [0.717, 1.165) is 44.8 Å². The van der Waals surface area contributed by atoms with Crippen molar-refractivity contribution in [1.82, 2.24) is 19.6 Å². The van der Waals surface area contributed by atoms with Gasteiger partial charge in [0.05, 0.1) is 25.8 Å². The number of benzene rings is 1. The van der Waals surface area contributed by atoms with Gasteiger partial charge in [-0.15, -0.1) is 0 Å². The Bertz CT molecular complexity index is 1450. The third-order valence-electron chi connectivity index (χ3n) is 6.71. The molecule has 36 heavy (non-hydrogen) atoms. The molecule has 1 aliphatic rings. The van der Waals surface area contributed by atoms with Gasteiger partial charge in [0, 0.05) is 25.8 Å². The van der Waals surface area contributed by atoms with Gasteiger partial charge in [0.2, 0.25) is 11.5 Å². The fourth-order valence-corrected chi connectivity index (χ4v) is 4.69. The maximum Gasteiger partial charge on any atom is 0.278 e. The zero-order valence-corrected chi connectivity index (χ0v) is 20.4. The van der Waals surface area contributed by atoms with Crippen LogP contribution in [-0.4, -0.2) is 53.0 Å². The van der Waals surface area contributed by atoms with E-state index in [-0.39, 0.29) is 23.1 Å². The summed E-state index contributed by atoms with van der Waals surface area (Å²) in [4.78, 5) is 33.9. The Hall–Kier alpha value is -3.82. The second kappa shape index (κ2) is 10.4. The number of hydrogen-bond donors (Lipinski definition) is 2. The molecule has 1 aromatic carbocycles. The first-order valence-electron chi connectivity index (χ1n) is 12.3. The number of carbonyl (C=O) groups excluding carboxylic acids is 1. The number of anilines is 1. The second-order valence-electron chi connectivity index (χ2n) is 9.09. The highest BCUT2D eigenvalue weighted by Gasteiger charge is 2.25. The first kappa shape index (κ1) is 23.9. The van der Waals surface area contributed by atoms with E-state index in [1.165, 1.54) is 4.40 Å². The van der Waals surface area contributed by atoms with Gasteiger partial charge in [-0.05, 0) is 37.1 Å². The van der Waals surface area contributed by atoms with E-state index in [4.69, 9.17) is 15.5 Å². The van der Waals surface area contributed by atoms with Gasteiger partial charge in [0.15, 0.2) is 0 Å². The number of amides is 1. The number of nitrogens with two attached hydrogens (primary N) is 1. The van der Waals surface area contributed by atoms with Gasteiger partial charge in [-0.2, -0.15) is 0 Å². The third-order valence-corrected chi connectivity index (χ3v) is 6.71. The molecule has 3 aromatic heterocycles. The molecule has 4 heterocycles. The lowest BCUT2D eigenvalue weighted by Crippen LogP contribution is -2.44. The Morgan fingerprint density at radius 2 is 1.92 bits per heavy atom. The molecule has 0 spiro atoms. The summed E-state index contributed by atoms with van der Waals surface area (Å²) in [5.41, 5.74) is 8.63. The standard InChI is InChI=1S/C27H30N6O3/c1-19(20-8-3-2-4-9-20)29-26(34)21-18-22-25(30-23-10-5-6-12-32(23)27(22)35)33(24(21)28)13-7-11-31-14-16-36-17-15-31/h2-6,8-10,12,18-19,28H,7,11,13-17H2,1H3,(H,29,34)/p+1/t19-/m0/s1. The lowest BCUT2D eigenvalue weighted by atomic mass is 10.1. The Kier molecular flexibility index (Phi) is 6.92. The number of morpholine rings is 1. The Morgan fingerprint density at radius 1 is 1.17 bits per heavy atom. The van der Waals surface area contributed by atoms with E-state index in [2.05, 4.69) is 10.2 Å². The topological polar surface area (TPSA) is 106 Å². The van der Waals surface area contributed by atoms with Crippen LogP contribution in [0.5, 0.6) is 0 Å². The van der Waals surface area contributed by atoms with E-state index in [1.807, 2.05) is 47.9 Å². The molecule has 4 aromatic rings. The van der Waals surface area contributed by atoms with Crippen LogP contribution in [0.4, 0.5) is 5.82 Å². The van der Waals surface area contributed by atoms with Crippen molar-refractivity contribution in [1.29, 1.82) is 0 Å². The van der Waals surface area contributed by atoms with Crippen molar-refractivity contribution in [3.8, 4) is 0 Å². The van der Waals surface area contributed by atoms with Crippen molar-refractivity contribution in [3.05, 3.63) is 82.3 Å². The predicted molar refractivity (Wildman–Crippen MR) is 138 cm³/mol. The molecule has 9 nitrogen and oxygen atoms in total. The molecule has 0 unspecified atom stereocenters. The Morgan fingerprint density at radius 3 is 2.69 bits per heavy atom. The number of hydrogen-bond acceptors (Lipinski definition) is 6. The first-order chi connectivity index (χ1) is 17.5. The van der Waals surface area contributed by atoms with Crippen molar-refractivity contribution in [3.63, 3.8) is 0 Å². The predicted octanol–water partition coefficient (Wildman–Crippen LogP) is 1.93. The van der Waals surface area contributed by atoms with Crippen molar-refractivity contribution in [2.75, 3.05) is 38.6 Å². The smallest absolute Gasteiger partial charge is 0.278 e. The molecule has 1 amide bonds. The number of fused-ring (bicyclic) bond motifs is 2. The molecule has 0 radical (unpaired) electrons. The molecule has 0 aliphatic carbocycles. The molecule has 1 atom stereocenters. The summed E-state index contributed by atoms with van der Waals surface area (Å²) in [5, 5.41) is 3.38. The van der Waals surface area contributed by atoms with Gasteiger partial charge in [0.25, 0.3) is 17.1 Å². The number of nitrogen functional groups attached to an aromatic ring is 1. The zero-order chi connectivity index (χ0) is 25.1. The molecular formula is C27H31N6O3+. The molecule has 1 saturated heterocycles. The minimum absolute atomic E-state index is 0.223. The molecule has 0 saturated carbocycles. The average molecular weight is 488 g/mol. The summed E-state index contributed by atoms with van der Waals surface area (Å²) in [7, 11) is 0. The van der Waals surface area contributed by atoms with Crippen LogP contribution in [0.3, 0.4) is 0 Å². The van der Waals surface area contributed by atoms with Crippen molar-refractivity contribution in [2.24, 2.45) is 0 Å². The second-order valence-corrected chi connectivity index (χ2v) is 9.09. The maximum absolute atomic E-state index is 13.4. The molecular weight excluding hydrogens is 456 g/mol. The highest BCUT2D eigenvalue weighted by atomic mass is 16.5. The van der Waals surface area contributed by atoms with Crippen molar-refractivity contribution >= 4 is 28.4 Å². The number of aromatic nitrogens is 3. The van der Waals surface area contributed by atoms with Crippen LogP contribution in [0.15, 0.2) is 65.6 Å². The van der Waals surface area contributed by atoms with Crippen LogP contribution >= 0.6 is 0 Å². The molecule has 5 rings (SSSR count).